The van der Waals surface area contributed by atoms with Crippen molar-refractivity contribution in [3.05, 3.63) is 72.4 Å². The number of nitrogens with two attached hydrogens (primary N) is 1. The highest BCUT2D eigenvalue weighted by Gasteiger charge is 2.25. The second-order valence-corrected chi connectivity index (χ2v) is 6.68. The topological polar surface area (TPSA) is 79.7 Å². The number of aryl methyl sites for hydroxylation is 1. The molecule has 1 atom stereocenters. The second kappa shape index (κ2) is 9.71. The van der Waals surface area contributed by atoms with Gasteiger partial charge in [0, 0.05) is 36.8 Å². The van der Waals surface area contributed by atoms with Crippen LogP contribution in [0.5, 0.6) is 0 Å². The van der Waals surface area contributed by atoms with Gasteiger partial charge < -0.3 is 15.2 Å². The maximum atomic E-state index is 12.6. The molecule has 1 heterocycles. The molecular weight excluding hydrogens is 352 g/mol. The first-order chi connectivity index (χ1) is 13.7. The summed E-state index contributed by atoms with van der Waals surface area (Å²) in [6.45, 7) is 3.94. The average Bonchev–Trinajstić information content (AvgIpc) is 3.12. The third-order valence-electron chi connectivity index (χ3n) is 4.70. The number of rotatable bonds is 8. The number of nitrogens with one attached hydrogen (secondary N) is 2. The maximum absolute atomic E-state index is 12.6. The Hall–Kier alpha value is -3.12. The summed E-state index contributed by atoms with van der Waals surface area (Å²) in [7, 11) is 0. The van der Waals surface area contributed by atoms with Crippen LogP contribution in [0.15, 0.2) is 66.9 Å². The Morgan fingerprint density at radius 1 is 1.04 bits per heavy atom. The highest BCUT2D eigenvalue weighted by Crippen LogP contribution is 2.15. The number of hydrogen-bond acceptors (Lipinski definition) is 2. The van der Waals surface area contributed by atoms with Crippen molar-refractivity contribution in [2.45, 2.75) is 25.9 Å². The van der Waals surface area contributed by atoms with Crippen molar-refractivity contribution in [2.75, 3.05) is 13.1 Å². The predicted octanol–water partition coefficient (Wildman–Crippen LogP) is 2.18. The fourth-order valence-corrected chi connectivity index (χ4v) is 3.33. The summed E-state index contributed by atoms with van der Waals surface area (Å²) < 4.78 is 2.23. The van der Waals surface area contributed by atoms with Gasteiger partial charge in [0.2, 0.25) is 0 Å². The number of nitrogens with zero attached hydrogens (tertiary/aromatic N) is 1. The van der Waals surface area contributed by atoms with Gasteiger partial charge in [0.05, 0.1) is 6.54 Å². The summed E-state index contributed by atoms with van der Waals surface area (Å²) in [5, 5.41) is 8.26. The van der Waals surface area contributed by atoms with Gasteiger partial charge in [-0.05, 0) is 24.4 Å². The zero-order valence-corrected chi connectivity index (χ0v) is 16.1. The SMILES string of the molecule is CCNC(=O)NC(=O)[C@@H]([NH2+]CCCn1ccc2ccccc21)c1ccccc1. The molecule has 0 saturated heterocycles. The van der Waals surface area contributed by atoms with Gasteiger partial charge in [0.15, 0.2) is 6.04 Å². The van der Waals surface area contributed by atoms with Crippen LogP contribution in [-0.2, 0) is 11.3 Å². The van der Waals surface area contributed by atoms with Crippen molar-refractivity contribution in [3.8, 4) is 0 Å². The Labute approximate surface area is 164 Å². The molecule has 3 amide bonds. The summed E-state index contributed by atoms with van der Waals surface area (Å²) in [5.74, 6) is -0.302. The van der Waals surface area contributed by atoms with Crippen molar-refractivity contribution >= 4 is 22.8 Å². The minimum absolute atomic E-state index is 0.302. The lowest BCUT2D eigenvalue weighted by Gasteiger charge is -2.16. The van der Waals surface area contributed by atoms with Crippen molar-refractivity contribution < 1.29 is 14.9 Å². The van der Waals surface area contributed by atoms with E-state index in [9.17, 15) is 9.59 Å². The number of carbonyl (C=O) groups excluding carboxylic acids is 2. The molecule has 6 nitrogen and oxygen atoms in total. The molecule has 0 aliphatic heterocycles. The lowest BCUT2D eigenvalue weighted by Crippen LogP contribution is -2.88. The van der Waals surface area contributed by atoms with Crippen LogP contribution in [0.3, 0.4) is 0 Å². The smallest absolute Gasteiger partial charge is 0.321 e. The molecule has 0 saturated carbocycles. The summed E-state index contributed by atoms with van der Waals surface area (Å²) in [6, 6.07) is 19.1. The Kier molecular flexibility index (Phi) is 6.81. The normalized spacial score (nSPS) is 11.9. The van der Waals surface area contributed by atoms with Gasteiger partial charge in [-0.1, -0.05) is 48.5 Å². The number of quaternary nitrogens is 1. The van der Waals surface area contributed by atoms with Crippen LogP contribution >= 0.6 is 0 Å². The fourth-order valence-electron chi connectivity index (χ4n) is 3.33. The van der Waals surface area contributed by atoms with E-state index < -0.39 is 12.1 Å². The maximum Gasteiger partial charge on any atom is 0.321 e. The Morgan fingerprint density at radius 2 is 1.79 bits per heavy atom. The van der Waals surface area contributed by atoms with Crippen LogP contribution in [0.25, 0.3) is 10.9 Å². The standard InChI is InChI=1S/C22H26N4O2/c1-2-23-22(28)25-21(27)20(18-10-4-3-5-11-18)24-14-8-15-26-16-13-17-9-6-7-12-19(17)26/h3-7,9-13,16,20,24H,2,8,14-15H2,1H3,(H2,23,25,27,28)/p+1/t20-/m0/s1. The molecule has 0 aliphatic carbocycles. The molecule has 6 heteroatoms. The zero-order valence-electron chi connectivity index (χ0n) is 16.1. The van der Waals surface area contributed by atoms with Gasteiger partial charge in [-0.2, -0.15) is 0 Å². The third kappa shape index (κ3) is 4.98. The fraction of sp³-hybridized carbons (Fsp3) is 0.273. The molecule has 0 radical (unpaired) electrons. The van der Waals surface area contributed by atoms with Crippen molar-refractivity contribution in [1.29, 1.82) is 0 Å². The lowest BCUT2D eigenvalue weighted by molar-refractivity contribution is -0.683. The predicted molar refractivity (Wildman–Crippen MR) is 110 cm³/mol. The molecule has 0 bridgehead atoms. The van der Waals surface area contributed by atoms with Gasteiger partial charge in [-0.3, -0.25) is 10.1 Å². The van der Waals surface area contributed by atoms with Crippen LogP contribution in [0.2, 0.25) is 0 Å². The van der Waals surface area contributed by atoms with Crippen molar-refractivity contribution in [2.24, 2.45) is 0 Å². The van der Waals surface area contributed by atoms with Crippen molar-refractivity contribution in [1.82, 2.24) is 15.2 Å². The molecule has 4 N–H and O–H groups in total. The molecule has 0 unspecified atom stereocenters. The molecule has 2 aromatic carbocycles. The van der Waals surface area contributed by atoms with E-state index in [1.54, 1.807) is 0 Å². The van der Waals surface area contributed by atoms with E-state index in [1.807, 2.05) is 54.7 Å². The second-order valence-electron chi connectivity index (χ2n) is 6.68. The number of imide groups is 1. The first kappa shape index (κ1) is 19.6. The van der Waals surface area contributed by atoms with Crippen LogP contribution in [0, 0.1) is 0 Å². The summed E-state index contributed by atoms with van der Waals surface area (Å²) in [5.41, 5.74) is 2.10. The van der Waals surface area contributed by atoms with E-state index in [-0.39, 0.29) is 5.91 Å². The highest BCUT2D eigenvalue weighted by atomic mass is 16.2. The molecule has 3 aromatic rings. The number of urea groups is 1. The molecule has 0 aliphatic rings. The molecule has 0 fully saturated rings. The molecular formula is C22H27N4O2+. The van der Waals surface area contributed by atoms with Gasteiger partial charge >= 0.3 is 6.03 Å². The number of hydrogen-bond donors (Lipinski definition) is 3. The Balaban J connectivity index is 1.60. The lowest BCUT2D eigenvalue weighted by atomic mass is 10.1. The quantitative estimate of drug-likeness (QED) is 0.525. The van der Waals surface area contributed by atoms with Crippen LogP contribution in [-0.4, -0.2) is 29.6 Å². The summed E-state index contributed by atoms with van der Waals surface area (Å²) >= 11 is 0. The van der Waals surface area contributed by atoms with Gasteiger partial charge in [0.25, 0.3) is 5.91 Å². The molecule has 3 rings (SSSR count). The number of aromatic nitrogens is 1. The van der Waals surface area contributed by atoms with Crippen LogP contribution in [0.4, 0.5) is 4.79 Å². The molecule has 28 heavy (non-hydrogen) atoms. The third-order valence-corrected chi connectivity index (χ3v) is 4.70. The van der Waals surface area contributed by atoms with Gasteiger partial charge in [-0.15, -0.1) is 0 Å². The van der Waals surface area contributed by atoms with Crippen molar-refractivity contribution in [3.63, 3.8) is 0 Å². The van der Waals surface area contributed by atoms with E-state index in [4.69, 9.17) is 0 Å². The minimum Gasteiger partial charge on any atom is -0.347 e. The summed E-state index contributed by atoms with van der Waals surface area (Å²) in [6.07, 6.45) is 3.01. The number of para-hydroxylation sites is 1. The van der Waals surface area contributed by atoms with E-state index >= 15 is 0 Å². The number of benzene rings is 2. The first-order valence-electron chi connectivity index (χ1n) is 9.70. The van der Waals surface area contributed by atoms with Crippen LogP contribution in [0.1, 0.15) is 24.9 Å². The minimum atomic E-state index is -0.458. The highest BCUT2D eigenvalue weighted by molar-refractivity contribution is 5.96. The molecule has 0 spiro atoms. The monoisotopic (exact) mass is 379 g/mol. The summed E-state index contributed by atoms with van der Waals surface area (Å²) in [4.78, 5) is 24.4. The largest absolute Gasteiger partial charge is 0.347 e. The van der Waals surface area contributed by atoms with Gasteiger partial charge in [0.1, 0.15) is 0 Å². The number of carbonyl (C=O) groups is 2. The number of amides is 3. The Bertz CT molecular complexity index is 920. The zero-order chi connectivity index (χ0) is 19.8. The van der Waals surface area contributed by atoms with E-state index in [1.165, 1.54) is 10.9 Å². The Morgan fingerprint density at radius 3 is 2.57 bits per heavy atom. The first-order valence-corrected chi connectivity index (χ1v) is 9.70. The van der Waals surface area contributed by atoms with Gasteiger partial charge in [-0.25, -0.2) is 4.79 Å². The molecule has 146 valence electrons. The average molecular weight is 379 g/mol. The van der Waals surface area contributed by atoms with E-state index in [0.29, 0.717) is 6.54 Å². The van der Waals surface area contributed by atoms with E-state index in [2.05, 4.69) is 39.6 Å². The number of fused-ring (bicyclic) bond motifs is 1. The van der Waals surface area contributed by atoms with Crippen LogP contribution < -0.4 is 16.0 Å². The molecule has 1 aromatic heterocycles. The van der Waals surface area contributed by atoms with E-state index in [0.717, 1.165) is 25.1 Å².